The van der Waals surface area contributed by atoms with Crippen LogP contribution in [0.5, 0.6) is 0 Å². The van der Waals surface area contributed by atoms with Gasteiger partial charge in [0.1, 0.15) is 5.82 Å². The molecule has 0 saturated carbocycles. The van der Waals surface area contributed by atoms with Gasteiger partial charge in [-0.3, -0.25) is 9.48 Å². The molecule has 3 heterocycles. The molecule has 3 aromatic rings. The van der Waals surface area contributed by atoms with Gasteiger partial charge in [0.2, 0.25) is 0 Å². The van der Waals surface area contributed by atoms with Crippen molar-refractivity contribution < 1.29 is 13.2 Å². The largest absolute Gasteiger partial charge is 0.305 e. The van der Waals surface area contributed by atoms with E-state index in [9.17, 15) is 13.2 Å². The average molecular weight is 368 g/mol. The quantitative estimate of drug-likeness (QED) is 0.749. The molecule has 1 amide bonds. The molecule has 4 rings (SSSR count). The third-order valence-corrected chi connectivity index (χ3v) is 6.02. The van der Waals surface area contributed by atoms with Gasteiger partial charge in [-0.2, -0.15) is 5.10 Å². The van der Waals surface area contributed by atoms with Gasteiger partial charge in [-0.1, -0.05) is 24.3 Å². The summed E-state index contributed by atoms with van der Waals surface area (Å²) in [6.45, 7) is 1.90. The van der Waals surface area contributed by atoms with Crippen molar-refractivity contribution in [3.8, 4) is 11.3 Å². The first kappa shape index (κ1) is 16.5. The van der Waals surface area contributed by atoms with Gasteiger partial charge in [0.25, 0.3) is 5.91 Å². The number of carbonyl (C=O) groups excluding carboxylic acids is 1. The number of rotatable bonds is 2. The number of fused-ring (bicyclic) bond motifs is 3. The summed E-state index contributed by atoms with van der Waals surface area (Å²) in [6, 6.07) is 10.3. The van der Waals surface area contributed by atoms with Gasteiger partial charge in [-0.25, -0.2) is 13.4 Å². The Morgan fingerprint density at radius 1 is 1.19 bits per heavy atom. The lowest BCUT2D eigenvalue weighted by molar-refractivity contribution is 0.102. The first-order valence-corrected chi connectivity index (χ1v) is 9.64. The molecule has 0 unspecified atom stereocenters. The summed E-state index contributed by atoms with van der Waals surface area (Å²) in [6.07, 6.45) is 1.64. The van der Waals surface area contributed by atoms with Crippen LogP contribution in [0.1, 0.15) is 21.6 Å². The Morgan fingerprint density at radius 3 is 2.69 bits per heavy atom. The van der Waals surface area contributed by atoms with E-state index < -0.39 is 15.7 Å². The minimum atomic E-state index is -3.53. The van der Waals surface area contributed by atoms with Gasteiger partial charge in [0, 0.05) is 24.4 Å². The highest BCUT2D eigenvalue weighted by Crippen LogP contribution is 2.38. The van der Waals surface area contributed by atoms with Crippen LogP contribution in [0.3, 0.4) is 0 Å². The van der Waals surface area contributed by atoms with Gasteiger partial charge in [0.05, 0.1) is 16.3 Å². The van der Waals surface area contributed by atoms with Crippen LogP contribution in [0.25, 0.3) is 11.3 Å². The molecule has 2 aromatic heterocycles. The van der Waals surface area contributed by atoms with E-state index in [4.69, 9.17) is 0 Å². The zero-order chi connectivity index (χ0) is 18.5. The predicted octanol–water partition coefficient (Wildman–Crippen LogP) is 2.33. The lowest BCUT2D eigenvalue weighted by Gasteiger charge is -2.17. The second-order valence-corrected chi connectivity index (χ2v) is 8.19. The summed E-state index contributed by atoms with van der Waals surface area (Å²) in [5, 5.41) is 6.96. The molecular formula is C18H16N4O3S. The van der Waals surface area contributed by atoms with E-state index in [2.05, 4.69) is 15.4 Å². The molecule has 0 bridgehead atoms. The maximum Gasteiger partial charge on any atom is 0.277 e. The fourth-order valence-electron chi connectivity index (χ4n) is 3.14. The molecule has 0 spiro atoms. The lowest BCUT2D eigenvalue weighted by Crippen LogP contribution is -2.18. The van der Waals surface area contributed by atoms with Gasteiger partial charge < -0.3 is 5.32 Å². The summed E-state index contributed by atoms with van der Waals surface area (Å²) >= 11 is 0. The topological polar surface area (TPSA) is 94.0 Å². The van der Waals surface area contributed by atoms with Crippen molar-refractivity contribution in [3.05, 3.63) is 59.4 Å². The number of aryl methyl sites for hydroxylation is 2. The Kier molecular flexibility index (Phi) is 3.66. The van der Waals surface area contributed by atoms with Crippen LogP contribution in [0.2, 0.25) is 0 Å². The van der Waals surface area contributed by atoms with Crippen molar-refractivity contribution in [1.29, 1.82) is 0 Å². The van der Waals surface area contributed by atoms with Crippen molar-refractivity contribution in [3.63, 3.8) is 0 Å². The number of nitrogens with one attached hydrogen (secondary N) is 1. The zero-order valence-corrected chi connectivity index (χ0v) is 15.0. The van der Waals surface area contributed by atoms with Crippen LogP contribution in [-0.4, -0.2) is 29.1 Å². The van der Waals surface area contributed by atoms with Crippen molar-refractivity contribution >= 4 is 21.6 Å². The summed E-state index contributed by atoms with van der Waals surface area (Å²) in [7, 11) is -1.82. The maximum atomic E-state index is 12.7. The number of sulfone groups is 1. The molecule has 0 saturated heterocycles. The van der Waals surface area contributed by atoms with Crippen LogP contribution in [0.4, 0.5) is 5.82 Å². The monoisotopic (exact) mass is 368 g/mol. The van der Waals surface area contributed by atoms with E-state index in [1.54, 1.807) is 48.3 Å². The molecule has 7 nitrogen and oxygen atoms in total. The summed E-state index contributed by atoms with van der Waals surface area (Å²) in [4.78, 5) is 17.1. The van der Waals surface area contributed by atoms with Crippen LogP contribution in [-0.2, 0) is 22.6 Å². The highest BCUT2D eigenvalue weighted by molar-refractivity contribution is 7.90. The molecule has 132 valence electrons. The minimum Gasteiger partial charge on any atom is -0.305 e. The van der Waals surface area contributed by atoms with Crippen molar-refractivity contribution in [1.82, 2.24) is 14.8 Å². The Morgan fingerprint density at radius 2 is 1.96 bits per heavy atom. The summed E-state index contributed by atoms with van der Waals surface area (Å²) in [5.74, 6) is -0.344. The molecule has 1 aliphatic rings. The molecular weight excluding hydrogens is 352 g/mol. The van der Waals surface area contributed by atoms with E-state index in [1.807, 2.05) is 13.0 Å². The molecule has 8 heteroatoms. The molecule has 0 fully saturated rings. The number of benzene rings is 1. The fourth-order valence-corrected chi connectivity index (χ4v) is 4.74. The molecule has 1 N–H and O–H groups in total. The Hall–Kier alpha value is -3.00. The highest BCUT2D eigenvalue weighted by Gasteiger charge is 2.34. The van der Waals surface area contributed by atoms with Crippen LogP contribution in [0.15, 0.2) is 47.5 Å². The number of aromatic nitrogens is 3. The highest BCUT2D eigenvalue weighted by atomic mass is 32.2. The first-order valence-electron chi connectivity index (χ1n) is 7.99. The number of hydrogen-bond donors (Lipinski definition) is 1. The number of pyridine rings is 1. The van der Waals surface area contributed by atoms with Crippen molar-refractivity contribution in [2.45, 2.75) is 17.6 Å². The standard InChI is InChI=1S/C18H16N4O3S/c1-11-7-8-15(19-9-11)20-18(23)16-13-10-26(24,25)14-6-4-3-5-12(14)17(13)22(2)21-16/h3-9H,10H2,1-2H3,(H,19,20,23). The smallest absolute Gasteiger partial charge is 0.277 e. The molecule has 1 aromatic carbocycles. The van der Waals surface area contributed by atoms with Crippen LogP contribution >= 0.6 is 0 Å². The van der Waals surface area contributed by atoms with Crippen molar-refractivity contribution in [2.75, 3.05) is 5.32 Å². The normalized spacial score (nSPS) is 14.4. The van der Waals surface area contributed by atoms with E-state index in [-0.39, 0.29) is 16.3 Å². The number of anilines is 1. The van der Waals surface area contributed by atoms with E-state index in [0.717, 1.165) is 5.56 Å². The van der Waals surface area contributed by atoms with E-state index in [0.29, 0.717) is 22.6 Å². The second-order valence-electron chi connectivity index (χ2n) is 6.23. The van der Waals surface area contributed by atoms with Gasteiger partial charge in [-0.15, -0.1) is 0 Å². The number of carbonyl (C=O) groups is 1. The minimum absolute atomic E-state index is 0.1000. The van der Waals surface area contributed by atoms with Gasteiger partial charge >= 0.3 is 0 Å². The second kappa shape index (κ2) is 5.77. The summed E-state index contributed by atoms with van der Waals surface area (Å²) in [5.41, 5.74) is 2.70. The SMILES string of the molecule is Cc1ccc(NC(=O)c2nn(C)c3c2CS(=O)(=O)c2ccccc2-3)nc1. The third kappa shape index (κ3) is 2.59. The Bertz CT molecular complexity index is 1130. The Balaban J connectivity index is 1.80. The maximum absolute atomic E-state index is 12.7. The summed E-state index contributed by atoms with van der Waals surface area (Å²) < 4.78 is 26.8. The number of nitrogens with zero attached hydrogens (tertiary/aromatic N) is 3. The molecule has 26 heavy (non-hydrogen) atoms. The first-order chi connectivity index (χ1) is 12.4. The Labute approximate surface area is 150 Å². The molecule has 0 radical (unpaired) electrons. The van der Waals surface area contributed by atoms with E-state index >= 15 is 0 Å². The molecule has 1 aliphatic heterocycles. The van der Waals surface area contributed by atoms with Gasteiger partial charge in [-0.05, 0) is 24.6 Å². The van der Waals surface area contributed by atoms with Gasteiger partial charge in [0.15, 0.2) is 15.5 Å². The number of amides is 1. The van der Waals surface area contributed by atoms with Crippen molar-refractivity contribution in [2.24, 2.45) is 7.05 Å². The van der Waals surface area contributed by atoms with E-state index in [1.165, 1.54) is 0 Å². The zero-order valence-electron chi connectivity index (χ0n) is 14.2. The predicted molar refractivity (Wildman–Crippen MR) is 96.5 cm³/mol. The lowest BCUT2D eigenvalue weighted by atomic mass is 10.1. The number of hydrogen-bond acceptors (Lipinski definition) is 5. The van der Waals surface area contributed by atoms with Crippen LogP contribution < -0.4 is 5.32 Å². The average Bonchev–Trinajstić information content (AvgIpc) is 2.93. The third-order valence-electron chi connectivity index (χ3n) is 4.32. The molecule has 0 aliphatic carbocycles. The fraction of sp³-hybridized carbons (Fsp3) is 0.167. The van der Waals surface area contributed by atoms with Crippen LogP contribution in [0, 0.1) is 6.92 Å². The molecule has 0 atom stereocenters.